The molecule has 164 valence electrons. The molecule has 3 N–H and O–H groups in total. The van der Waals surface area contributed by atoms with Crippen LogP contribution in [-0.4, -0.2) is 86.0 Å². The van der Waals surface area contributed by atoms with Gasteiger partial charge in [-0.1, -0.05) is 0 Å². The van der Waals surface area contributed by atoms with E-state index in [4.69, 9.17) is 19.3 Å². The van der Waals surface area contributed by atoms with Crippen molar-refractivity contribution in [3.05, 3.63) is 0 Å². The molecule has 0 aromatic rings. The Balaban J connectivity index is 3.49. The first-order valence-corrected chi connectivity index (χ1v) is 9.59. The molecule has 5 atom stereocenters. The van der Waals surface area contributed by atoms with Crippen molar-refractivity contribution < 1.29 is 53.5 Å². The fraction of sp³-hybridized carbons (Fsp3) is 0.706. The van der Waals surface area contributed by atoms with E-state index in [-0.39, 0.29) is 12.2 Å². The van der Waals surface area contributed by atoms with Gasteiger partial charge in [-0.3, -0.25) is 24.0 Å². The van der Waals surface area contributed by atoms with E-state index >= 15 is 0 Å². The highest BCUT2D eigenvalue weighted by Crippen LogP contribution is 2.45. The van der Waals surface area contributed by atoms with Crippen LogP contribution in [0.5, 0.6) is 0 Å². The predicted octanol–water partition coefficient (Wildman–Crippen LogP) is -0.946. The second-order valence-electron chi connectivity index (χ2n) is 6.50. The fourth-order valence-corrected chi connectivity index (χ4v) is 4.29. The molecule has 1 aliphatic rings. The van der Waals surface area contributed by atoms with Crippen LogP contribution in [0, 0.1) is 0 Å². The van der Waals surface area contributed by atoms with Crippen molar-refractivity contribution >= 4 is 41.2 Å². The molecule has 11 nitrogen and oxygen atoms in total. The number of carboxylic acid groups (broad SMARTS) is 1. The largest absolute Gasteiger partial charge is 0.481 e. The predicted molar refractivity (Wildman–Crippen MR) is 96.8 cm³/mol. The molecule has 0 saturated carbocycles. The Morgan fingerprint density at radius 3 is 1.93 bits per heavy atom. The van der Waals surface area contributed by atoms with Gasteiger partial charge in [0.25, 0.3) is 0 Å². The van der Waals surface area contributed by atoms with Crippen LogP contribution in [-0.2, 0) is 38.2 Å². The summed E-state index contributed by atoms with van der Waals surface area (Å²) in [4.78, 5) is 58.3. The van der Waals surface area contributed by atoms with Crippen molar-refractivity contribution in [1.29, 1.82) is 0 Å². The number of carbonyl (C=O) groups is 5. The van der Waals surface area contributed by atoms with E-state index in [1.54, 1.807) is 0 Å². The number of ether oxygens (including phenoxy) is 3. The van der Waals surface area contributed by atoms with Crippen molar-refractivity contribution in [2.45, 2.75) is 63.0 Å². The van der Waals surface area contributed by atoms with Gasteiger partial charge in [-0.15, -0.1) is 11.8 Å². The van der Waals surface area contributed by atoms with Gasteiger partial charge in [-0.25, -0.2) is 0 Å². The summed E-state index contributed by atoms with van der Waals surface area (Å²) in [5.74, 6) is -5.14. The number of rotatable bonds is 9. The van der Waals surface area contributed by atoms with Crippen LogP contribution in [0.25, 0.3) is 0 Å². The minimum Gasteiger partial charge on any atom is -0.481 e. The molecule has 12 heteroatoms. The minimum absolute atomic E-state index is 0.137. The Morgan fingerprint density at radius 2 is 1.52 bits per heavy atom. The molecule has 0 radical (unpaired) electrons. The van der Waals surface area contributed by atoms with Crippen LogP contribution in [0.15, 0.2) is 0 Å². The van der Waals surface area contributed by atoms with E-state index in [1.165, 1.54) is 0 Å². The number of ketones is 2. The van der Waals surface area contributed by atoms with E-state index in [0.29, 0.717) is 11.8 Å². The van der Waals surface area contributed by atoms with E-state index in [9.17, 15) is 34.2 Å². The van der Waals surface area contributed by atoms with Gasteiger partial charge in [0.2, 0.25) is 5.60 Å². The Labute approximate surface area is 170 Å². The second-order valence-corrected chi connectivity index (χ2v) is 7.67. The summed E-state index contributed by atoms with van der Waals surface area (Å²) < 4.78 is 15.4. The van der Waals surface area contributed by atoms with Crippen LogP contribution in [0.4, 0.5) is 0 Å². The zero-order valence-electron chi connectivity index (χ0n) is 16.4. The molecular formula is C17H24O11S. The van der Waals surface area contributed by atoms with Gasteiger partial charge < -0.3 is 29.5 Å². The highest BCUT2D eigenvalue weighted by Gasteiger charge is 2.71. The number of Topliss-reactive ketones (excluding diaryl/α,β-unsaturated/α-hetero) is 2. The number of esters is 2. The lowest BCUT2D eigenvalue weighted by molar-refractivity contribution is -0.282. The topological polar surface area (TPSA) is 174 Å². The molecule has 1 aliphatic heterocycles. The summed E-state index contributed by atoms with van der Waals surface area (Å²) in [7, 11) is 0. The van der Waals surface area contributed by atoms with E-state index < -0.39 is 64.9 Å². The van der Waals surface area contributed by atoms with Gasteiger partial charge in [-0.05, 0) is 13.8 Å². The van der Waals surface area contributed by atoms with Gasteiger partial charge >= 0.3 is 17.9 Å². The molecule has 29 heavy (non-hydrogen) atoms. The number of hydrogen-bond acceptors (Lipinski definition) is 11. The number of hydrogen-bond donors (Lipinski definition) is 3. The van der Waals surface area contributed by atoms with Crippen LogP contribution >= 0.6 is 11.8 Å². The lowest BCUT2D eigenvalue weighted by Crippen LogP contribution is -2.79. The molecule has 0 bridgehead atoms. The second kappa shape index (κ2) is 9.65. The average molecular weight is 436 g/mol. The molecule has 1 rings (SSSR count). The quantitative estimate of drug-likeness (QED) is 0.379. The lowest BCUT2D eigenvalue weighted by atomic mass is 9.70. The third-order valence-corrected chi connectivity index (χ3v) is 5.57. The zero-order chi connectivity index (χ0) is 22.6. The summed E-state index contributed by atoms with van der Waals surface area (Å²) in [5.41, 5.74) is -7.41. The maximum Gasteiger partial charge on any atom is 0.304 e. The van der Waals surface area contributed by atoms with E-state index in [1.807, 2.05) is 0 Å². The standard InChI is InChI=1S/C17H24O11S/c1-8(18)16(24)14(27-11(4)21)12(7-26-10(3)20)28-15(17(16,25)9(2)19)29-6-5-13(22)23/h12,14-15,24-25H,5-7H2,1-4H3,(H,22,23). The number of aliphatic carboxylic acids is 1. The number of aliphatic hydroxyl groups is 2. The monoisotopic (exact) mass is 436 g/mol. The molecule has 0 aromatic carbocycles. The molecule has 0 spiro atoms. The first-order valence-electron chi connectivity index (χ1n) is 8.54. The number of thioether (sulfide) groups is 1. The van der Waals surface area contributed by atoms with Crippen LogP contribution in [0.3, 0.4) is 0 Å². The molecule has 0 aromatic heterocycles. The normalized spacial score (nSPS) is 31.6. The van der Waals surface area contributed by atoms with Gasteiger partial charge in [0.05, 0.1) is 6.42 Å². The molecule has 0 aliphatic carbocycles. The van der Waals surface area contributed by atoms with Gasteiger partial charge in [0, 0.05) is 19.6 Å². The minimum atomic E-state index is -2.94. The molecule has 1 fully saturated rings. The van der Waals surface area contributed by atoms with Gasteiger partial charge in [0.15, 0.2) is 23.3 Å². The lowest BCUT2D eigenvalue weighted by Gasteiger charge is -2.53. The highest BCUT2D eigenvalue weighted by molar-refractivity contribution is 7.99. The van der Waals surface area contributed by atoms with Crippen LogP contribution in [0.2, 0.25) is 0 Å². The van der Waals surface area contributed by atoms with Crippen molar-refractivity contribution in [2.24, 2.45) is 0 Å². The van der Waals surface area contributed by atoms with Crippen molar-refractivity contribution in [3.8, 4) is 0 Å². The summed E-state index contributed by atoms with van der Waals surface area (Å²) in [6.45, 7) is 3.29. The molecule has 1 saturated heterocycles. The summed E-state index contributed by atoms with van der Waals surface area (Å²) >= 11 is 0.673. The van der Waals surface area contributed by atoms with Crippen molar-refractivity contribution in [3.63, 3.8) is 0 Å². The van der Waals surface area contributed by atoms with Gasteiger partial charge in [-0.2, -0.15) is 0 Å². The molecule has 1 heterocycles. The first-order chi connectivity index (χ1) is 13.3. The summed E-state index contributed by atoms with van der Waals surface area (Å²) in [5, 5.41) is 31.2. The summed E-state index contributed by atoms with van der Waals surface area (Å²) in [6, 6.07) is 0. The van der Waals surface area contributed by atoms with Crippen molar-refractivity contribution in [2.75, 3.05) is 12.4 Å². The first kappa shape index (κ1) is 25.0. The maximum atomic E-state index is 12.4. The Hall–Kier alpha value is -2.02. The molecule has 0 amide bonds. The molecule has 5 unspecified atom stereocenters. The third-order valence-electron chi connectivity index (χ3n) is 4.37. The van der Waals surface area contributed by atoms with Crippen LogP contribution in [0.1, 0.15) is 34.1 Å². The van der Waals surface area contributed by atoms with Crippen LogP contribution < -0.4 is 0 Å². The highest BCUT2D eigenvalue weighted by atomic mass is 32.2. The Kier molecular flexibility index (Phi) is 8.33. The fourth-order valence-electron chi connectivity index (χ4n) is 2.98. The van der Waals surface area contributed by atoms with Gasteiger partial charge in [0.1, 0.15) is 18.1 Å². The third kappa shape index (κ3) is 5.13. The zero-order valence-corrected chi connectivity index (χ0v) is 17.2. The molecular weight excluding hydrogens is 412 g/mol. The Morgan fingerprint density at radius 1 is 0.966 bits per heavy atom. The van der Waals surface area contributed by atoms with Crippen molar-refractivity contribution in [1.82, 2.24) is 0 Å². The SMILES string of the molecule is CC(=O)OCC1OC(SCCC(=O)O)C(O)(C(C)=O)C(O)(C(C)=O)C1OC(C)=O. The number of carboxylic acids is 1. The summed E-state index contributed by atoms with van der Waals surface area (Å²) in [6.07, 6.45) is -3.65. The van der Waals surface area contributed by atoms with E-state index in [2.05, 4.69) is 0 Å². The smallest absolute Gasteiger partial charge is 0.304 e. The maximum absolute atomic E-state index is 12.4. The average Bonchev–Trinajstić information content (AvgIpc) is 2.58. The van der Waals surface area contributed by atoms with E-state index in [0.717, 1.165) is 27.7 Å². The number of carbonyl (C=O) groups excluding carboxylic acids is 4. The Bertz CT molecular complexity index is 693.